The average Bonchev–Trinajstić information content (AvgIpc) is 2.53. The van der Waals surface area contributed by atoms with Crippen molar-refractivity contribution in [2.75, 3.05) is 0 Å². The lowest BCUT2D eigenvalue weighted by molar-refractivity contribution is 0.443. The molecule has 0 radical (unpaired) electrons. The van der Waals surface area contributed by atoms with E-state index in [4.69, 9.17) is 0 Å². The highest BCUT2D eigenvalue weighted by molar-refractivity contribution is 5.26. The molecule has 2 rings (SSSR count). The van der Waals surface area contributed by atoms with Gasteiger partial charge in [0, 0.05) is 17.6 Å². The van der Waals surface area contributed by atoms with Gasteiger partial charge in [0.1, 0.15) is 5.82 Å². The van der Waals surface area contributed by atoms with Crippen LogP contribution in [0.5, 0.6) is 0 Å². The lowest BCUT2D eigenvalue weighted by Gasteiger charge is -2.23. The molecule has 0 aliphatic rings. The Hall–Kier alpha value is -1.67. The molecule has 21 heavy (non-hydrogen) atoms. The van der Waals surface area contributed by atoms with Crippen molar-refractivity contribution in [2.45, 2.75) is 45.7 Å². The van der Waals surface area contributed by atoms with Gasteiger partial charge >= 0.3 is 0 Å². The Morgan fingerprint density at radius 2 is 1.67 bits per heavy atom. The first-order valence-electron chi connectivity index (χ1n) is 7.75. The van der Waals surface area contributed by atoms with Crippen molar-refractivity contribution in [3.05, 3.63) is 71.0 Å². The number of halogens is 1. The molecule has 2 aromatic carbocycles. The van der Waals surface area contributed by atoms with Crippen LogP contribution in [0.4, 0.5) is 4.39 Å². The van der Waals surface area contributed by atoms with Crippen LogP contribution in [0.2, 0.25) is 0 Å². The van der Waals surface area contributed by atoms with E-state index in [0.717, 1.165) is 18.4 Å². The first kappa shape index (κ1) is 15.7. The Morgan fingerprint density at radius 3 is 2.24 bits per heavy atom. The van der Waals surface area contributed by atoms with E-state index in [-0.39, 0.29) is 17.9 Å². The summed E-state index contributed by atoms with van der Waals surface area (Å²) in [5.74, 6) is -0.145. The summed E-state index contributed by atoms with van der Waals surface area (Å²) in [5, 5.41) is 3.54. The molecule has 112 valence electrons. The highest BCUT2D eigenvalue weighted by Crippen LogP contribution is 2.24. The SMILES string of the molecule is CCc1ccc(C(CC)N[C@H](C)c2ccccc2F)cc1. The summed E-state index contributed by atoms with van der Waals surface area (Å²) in [6.45, 7) is 6.33. The van der Waals surface area contributed by atoms with E-state index < -0.39 is 0 Å². The highest BCUT2D eigenvalue weighted by Gasteiger charge is 2.16. The van der Waals surface area contributed by atoms with Gasteiger partial charge in [-0.05, 0) is 37.0 Å². The zero-order chi connectivity index (χ0) is 15.2. The topological polar surface area (TPSA) is 12.0 Å². The molecule has 0 saturated carbocycles. The number of aryl methyl sites for hydroxylation is 1. The first-order valence-corrected chi connectivity index (χ1v) is 7.75. The Balaban J connectivity index is 2.13. The van der Waals surface area contributed by atoms with Crippen molar-refractivity contribution >= 4 is 0 Å². The molecule has 0 amide bonds. The lowest BCUT2D eigenvalue weighted by Crippen LogP contribution is -2.24. The molecule has 2 heteroatoms. The molecule has 0 spiro atoms. The van der Waals surface area contributed by atoms with Gasteiger partial charge in [0.25, 0.3) is 0 Å². The molecule has 1 unspecified atom stereocenters. The lowest BCUT2D eigenvalue weighted by atomic mass is 9.99. The van der Waals surface area contributed by atoms with Crippen molar-refractivity contribution in [1.82, 2.24) is 5.32 Å². The zero-order valence-corrected chi connectivity index (χ0v) is 13.1. The second-order valence-electron chi connectivity index (χ2n) is 5.47. The van der Waals surface area contributed by atoms with Crippen LogP contribution in [0.3, 0.4) is 0 Å². The van der Waals surface area contributed by atoms with E-state index >= 15 is 0 Å². The van der Waals surface area contributed by atoms with Crippen molar-refractivity contribution in [2.24, 2.45) is 0 Å². The minimum absolute atomic E-state index is 0.0120. The minimum Gasteiger partial charge on any atom is -0.303 e. The third-order valence-corrected chi connectivity index (χ3v) is 4.02. The molecule has 0 fully saturated rings. The first-order chi connectivity index (χ1) is 10.2. The normalized spacial score (nSPS) is 13.9. The molecule has 0 aromatic heterocycles. The predicted molar refractivity (Wildman–Crippen MR) is 86.8 cm³/mol. The van der Waals surface area contributed by atoms with Gasteiger partial charge in [-0.25, -0.2) is 4.39 Å². The Labute approximate surface area is 127 Å². The van der Waals surface area contributed by atoms with Crippen LogP contribution in [0.15, 0.2) is 48.5 Å². The number of hydrogen-bond acceptors (Lipinski definition) is 1. The van der Waals surface area contributed by atoms with Crippen LogP contribution < -0.4 is 5.32 Å². The molecule has 1 N–H and O–H groups in total. The maximum atomic E-state index is 13.9. The molecule has 2 atom stereocenters. The quantitative estimate of drug-likeness (QED) is 0.770. The third-order valence-electron chi connectivity index (χ3n) is 4.02. The van der Waals surface area contributed by atoms with Crippen LogP contribution in [0.1, 0.15) is 56.0 Å². The largest absolute Gasteiger partial charge is 0.303 e. The molecular weight excluding hydrogens is 261 g/mol. The monoisotopic (exact) mass is 285 g/mol. The van der Waals surface area contributed by atoms with E-state index in [2.05, 4.69) is 43.4 Å². The molecule has 0 aliphatic heterocycles. The number of rotatable bonds is 6. The van der Waals surface area contributed by atoms with Crippen molar-refractivity contribution in [1.29, 1.82) is 0 Å². The Morgan fingerprint density at radius 1 is 1.00 bits per heavy atom. The second-order valence-corrected chi connectivity index (χ2v) is 5.47. The van der Waals surface area contributed by atoms with Crippen LogP contribution >= 0.6 is 0 Å². The fourth-order valence-electron chi connectivity index (χ4n) is 2.65. The summed E-state index contributed by atoms with van der Waals surface area (Å²) < 4.78 is 13.9. The van der Waals surface area contributed by atoms with Crippen LogP contribution in [0.25, 0.3) is 0 Å². The van der Waals surface area contributed by atoms with Gasteiger partial charge in [0.05, 0.1) is 0 Å². The van der Waals surface area contributed by atoms with Gasteiger partial charge in [0.2, 0.25) is 0 Å². The molecule has 0 saturated heterocycles. The third kappa shape index (κ3) is 3.92. The fraction of sp³-hybridized carbons (Fsp3) is 0.368. The van der Waals surface area contributed by atoms with Gasteiger partial charge in [-0.1, -0.05) is 56.3 Å². The van der Waals surface area contributed by atoms with Crippen LogP contribution in [-0.4, -0.2) is 0 Å². The molecule has 0 aliphatic carbocycles. The maximum absolute atomic E-state index is 13.9. The van der Waals surface area contributed by atoms with E-state index in [1.54, 1.807) is 6.07 Å². The van der Waals surface area contributed by atoms with Gasteiger partial charge < -0.3 is 5.32 Å². The zero-order valence-electron chi connectivity index (χ0n) is 13.1. The summed E-state index contributed by atoms with van der Waals surface area (Å²) >= 11 is 0. The average molecular weight is 285 g/mol. The predicted octanol–water partition coefficient (Wildman–Crippen LogP) is 5.19. The number of nitrogens with one attached hydrogen (secondary N) is 1. The van der Waals surface area contributed by atoms with Gasteiger partial charge in [-0.2, -0.15) is 0 Å². The summed E-state index contributed by atoms with van der Waals surface area (Å²) in [6.07, 6.45) is 2.03. The van der Waals surface area contributed by atoms with Crippen LogP contribution in [-0.2, 0) is 6.42 Å². The van der Waals surface area contributed by atoms with Gasteiger partial charge in [-0.15, -0.1) is 0 Å². The fourth-order valence-corrected chi connectivity index (χ4v) is 2.65. The molecular formula is C19H24FN. The smallest absolute Gasteiger partial charge is 0.127 e. The molecule has 2 aromatic rings. The van der Waals surface area contributed by atoms with Crippen LogP contribution in [0, 0.1) is 5.82 Å². The molecule has 0 heterocycles. The Kier molecular flexibility index (Phi) is 5.51. The summed E-state index contributed by atoms with van der Waals surface area (Å²) in [6, 6.07) is 15.9. The number of hydrogen-bond donors (Lipinski definition) is 1. The minimum atomic E-state index is -0.145. The summed E-state index contributed by atoms with van der Waals surface area (Å²) in [7, 11) is 0. The van der Waals surface area contributed by atoms with Gasteiger partial charge in [0.15, 0.2) is 0 Å². The van der Waals surface area contributed by atoms with Crippen molar-refractivity contribution in [3.63, 3.8) is 0 Å². The van der Waals surface area contributed by atoms with E-state index in [1.165, 1.54) is 17.2 Å². The van der Waals surface area contributed by atoms with E-state index in [9.17, 15) is 4.39 Å². The molecule has 1 nitrogen and oxygen atoms in total. The van der Waals surface area contributed by atoms with Crippen molar-refractivity contribution < 1.29 is 4.39 Å². The van der Waals surface area contributed by atoms with E-state index in [1.807, 2.05) is 19.1 Å². The Bertz CT molecular complexity index is 562. The maximum Gasteiger partial charge on any atom is 0.127 e. The van der Waals surface area contributed by atoms with E-state index in [0.29, 0.717) is 0 Å². The standard InChI is InChI=1S/C19H24FN/c1-4-15-10-12-16(13-11-15)19(5-2)21-14(3)17-8-6-7-9-18(17)20/h6-14,19,21H,4-5H2,1-3H3/t14-,19?/m1/s1. The summed E-state index contributed by atoms with van der Waals surface area (Å²) in [4.78, 5) is 0. The second kappa shape index (κ2) is 7.37. The highest BCUT2D eigenvalue weighted by atomic mass is 19.1. The molecule has 0 bridgehead atoms. The number of benzene rings is 2. The van der Waals surface area contributed by atoms with Gasteiger partial charge in [-0.3, -0.25) is 0 Å². The summed E-state index contributed by atoms with van der Waals surface area (Å²) in [5.41, 5.74) is 3.33. The van der Waals surface area contributed by atoms with Crippen molar-refractivity contribution in [3.8, 4) is 0 Å².